The highest BCUT2D eigenvalue weighted by Crippen LogP contribution is 2.38. The van der Waals surface area contributed by atoms with Crippen LogP contribution in [0.4, 0.5) is 0 Å². The molecule has 0 saturated heterocycles. The van der Waals surface area contributed by atoms with Crippen LogP contribution in [0.2, 0.25) is 0 Å². The van der Waals surface area contributed by atoms with E-state index in [1.807, 2.05) is 0 Å². The summed E-state index contributed by atoms with van der Waals surface area (Å²) in [6.07, 6.45) is 0. The first-order valence-electron chi connectivity index (χ1n) is 18.4. The molecular formula is C50H36N3S+. The van der Waals surface area contributed by atoms with Crippen molar-refractivity contribution in [2.24, 2.45) is 0 Å². The van der Waals surface area contributed by atoms with E-state index in [1.54, 1.807) is 11.3 Å². The van der Waals surface area contributed by atoms with Crippen LogP contribution in [0.3, 0.4) is 0 Å². The van der Waals surface area contributed by atoms with Gasteiger partial charge in [-0.15, -0.1) is 11.3 Å². The molecule has 0 N–H and O–H groups in total. The lowest BCUT2D eigenvalue weighted by Gasteiger charge is -2.10. The summed E-state index contributed by atoms with van der Waals surface area (Å²) in [5.41, 5.74) is 10.6. The molecule has 54 heavy (non-hydrogen) atoms. The van der Waals surface area contributed by atoms with Crippen LogP contribution in [0, 0.1) is 0 Å². The Morgan fingerprint density at radius 1 is 0.463 bits per heavy atom. The van der Waals surface area contributed by atoms with E-state index < -0.39 is 0 Å². The summed E-state index contributed by atoms with van der Waals surface area (Å²) < 4.78 is 6.31. The van der Waals surface area contributed by atoms with Crippen molar-refractivity contribution in [1.82, 2.24) is 9.55 Å². The van der Waals surface area contributed by atoms with E-state index in [1.165, 1.54) is 59.9 Å². The predicted octanol–water partition coefficient (Wildman–Crippen LogP) is 12.5. The predicted molar refractivity (Wildman–Crippen MR) is 226 cm³/mol. The molecule has 10 aromatic rings. The summed E-state index contributed by atoms with van der Waals surface area (Å²) in [4.78, 5) is 4.99. The van der Waals surface area contributed by atoms with Gasteiger partial charge in [0.15, 0.2) is 11.4 Å². The van der Waals surface area contributed by atoms with Crippen molar-refractivity contribution in [1.29, 1.82) is 0 Å². The fraction of sp³-hybridized carbons (Fsp3) is 0.0400. The number of nitrogens with zero attached hydrogens (tertiary/aromatic N) is 3. The van der Waals surface area contributed by atoms with E-state index >= 15 is 0 Å². The summed E-state index contributed by atoms with van der Waals surface area (Å²) in [5.74, 6) is 1.16. The smallest absolute Gasteiger partial charge is 0.236 e. The molecule has 0 atom stereocenters. The summed E-state index contributed by atoms with van der Waals surface area (Å²) in [5, 5.41) is 6.03. The van der Waals surface area contributed by atoms with Gasteiger partial charge in [0, 0.05) is 16.7 Å². The van der Waals surface area contributed by atoms with Crippen LogP contribution < -0.4 is 4.57 Å². The molecular weight excluding hydrogens is 675 g/mol. The summed E-state index contributed by atoms with van der Waals surface area (Å²) in [7, 11) is 0. The number of para-hydroxylation sites is 1. The Kier molecular flexibility index (Phi) is 8.16. The van der Waals surface area contributed by atoms with Crippen LogP contribution in [0.1, 0.15) is 11.1 Å². The van der Waals surface area contributed by atoms with Crippen LogP contribution in [0.25, 0.3) is 76.2 Å². The van der Waals surface area contributed by atoms with Crippen molar-refractivity contribution in [3.05, 3.63) is 205 Å². The molecule has 0 aliphatic heterocycles. The minimum absolute atomic E-state index is 0.703. The van der Waals surface area contributed by atoms with Gasteiger partial charge in [-0.25, -0.2) is 14.1 Å². The van der Waals surface area contributed by atoms with Crippen LogP contribution >= 0.6 is 11.3 Å². The average Bonchev–Trinajstić information content (AvgIpc) is 3.81. The van der Waals surface area contributed by atoms with Crippen molar-refractivity contribution < 1.29 is 4.57 Å². The maximum atomic E-state index is 4.99. The molecule has 0 aliphatic rings. The summed E-state index contributed by atoms with van der Waals surface area (Å²) in [6.45, 7) is 1.41. The molecule has 3 nitrogen and oxygen atoms in total. The first-order chi connectivity index (χ1) is 26.7. The normalized spacial score (nSPS) is 11.5. The van der Waals surface area contributed by atoms with Gasteiger partial charge in [-0.05, 0) is 69.1 Å². The lowest BCUT2D eigenvalue weighted by atomic mass is 10.0. The van der Waals surface area contributed by atoms with Gasteiger partial charge in [0.1, 0.15) is 18.1 Å². The van der Waals surface area contributed by atoms with Gasteiger partial charge in [-0.3, -0.25) is 0 Å². The zero-order valence-corrected chi connectivity index (χ0v) is 30.5. The fourth-order valence-electron chi connectivity index (χ4n) is 7.81. The molecule has 10 rings (SSSR count). The number of rotatable bonds is 8. The number of hydrogen-bond donors (Lipinski definition) is 0. The number of thiazole rings is 1. The second kappa shape index (κ2) is 13.7. The van der Waals surface area contributed by atoms with Crippen molar-refractivity contribution in [2.45, 2.75) is 13.1 Å². The Labute approximate surface area is 318 Å². The number of imidazole rings is 1. The Morgan fingerprint density at radius 2 is 1.02 bits per heavy atom. The van der Waals surface area contributed by atoms with Crippen LogP contribution in [0.5, 0.6) is 0 Å². The van der Waals surface area contributed by atoms with Crippen molar-refractivity contribution >= 4 is 43.1 Å². The van der Waals surface area contributed by atoms with Gasteiger partial charge < -0.3 is 0 Å². The molecule has 0 bridgehead atoms. The summed E-state index contributed by atoms with van der Waals surface area (Å²) in [6, 6.07) is 70.3. The Bertz CT molecular complexity index is 2750. The third-order valence-corrected chi connectivity index (χ3v) is 11.4. The molecule has 2 heterocycles. The quantitative estimate of drug-likeness (QED) is 0.144. The van der Waals surface area contributed by atoms with Gasteiger partial charge in [0.05, 0.1) is 15.8 Å². The first-order valence-corrected chi connectivity index (χ1v) is 19.3. The van der Waals surface area contributed by atoms with Gasteiger partial charge in [-0.2, -0.15) is 0 Å². The summed E-state index contributed by atoms with van der Waals surface area (Å²) >= 11 is 1.74. The maximum absolute atomic E-state index is 4.99. The Morgan fingerprint density at radius 3 is 1.70 bits per heavy atom. The minimum atomic E-state index is 0.703. The molecule has 8 aromatic carbocycles. The molecule has 2 aromatic heterocycles. The van der Waals surface area contributed by atoms with E-state index in [2.05, 4.69) is 203 Å². The van der Waals surface area contributed by atoms with Crippen LogP contribution in [-0.4, -0.2) is 9.55 Å². The minimum Gasteiger partial charge on any atom is -0.236 e. The number of hydrogen-bond acceptors (Lipinski definition) is 2. The highest BCUT2D eigenvalue weighted by atomic mass is 32.1. The standard InChI is InChI=1S/C50H36N3S/c1-3-15-39(16-4-1)47-48(40-17-5-2-6-18-40)53(34-36-24-26-38-14-8-10-20-44(38)32-36)50(52(47)33-35-23-25-37-13-7-9-19-43(37)31-35)42-29-27-41(28-30-42)49-51-45-21-11-12-22-46(45)54-49/h1-32H,33-34H2/q+1. The van der Waals surface area contributed by atoms with Gasteiger partial charge in [-0.1, -0.05) is 158 Å². The van der Waals surface area contributed by atoms with Crippen molar-refractivity contribution in [3.63, 3.8) is 0 Å². The molecule has 0 aliphatic carbocycles. The molecule has 0 saturated carbocycles. The highest BCUT2D eigenvalue weighted by molar-refractivity contribution is 7.21. The molecule has 0 fully saturated rings. The molecule has 0 spiro atoms. The Balaban J connectivity index is 1.24. The Hall–Kier alpha value is -6.62. The molecule has 0 amide bonds. The number of benzene rings is 8. The van der Waals surface area contributed by atoms with E-state index in [0.29, 0.717) is 13.1 Å². The lowest BCUT2D eigenvalue weighted by molar-refractivity contribution is -0.665. The monoisotopic (exact) mass is 710 g/mol. The zero-order chi connectivity index (χ0) is 35.8. The van der Waals surface area contributed by atoms with Gasteiger partial charge in [0.2, 0.25) is 0 Å². The van der Waals surface area contributed by atoms with Gasteiger partial charge in [0.25, 0.3) is 5.82 Å². The third kappa shape index (κ3) is 5.97. The lowest BCUT2D eigenvalue weighted by Crippen LogP contribution is -2.38. The fourth-order valence-corrected chi connectivity index (χ4v) is 8.78. The van der Waals surface area contributed by atoms with Crippen molar-refractivity contribution in [3.8, 4) is 44.5 Å². The SMILES string of the molecule is c1ccc(-c2c(-c3ccccc3)[n+](Cc3ccc4ccccc4c3)c(-c3ccc(-c4nc5ccccc5s4)cc3)n2Cc2ccc3ccccc3c2)cc1. The van der Waals surface area contributed by atoms with E-state index in [4.69, 9.17) is 4.98 Å². The van der Waals surface area contributed by atoms with E-state index in [0.717, 1.165) is 27.5 Å². The molecule has 0 radical (unpaired) electrons. The maximum Gasteiger partial charge on any atom is 0.290 e. The molecule has 4 heteroatoms. The second-order valence-corrected chi connectivity index (χ2v) is 14.9. The van der Waals surface area contributed by atoms with E-state index in [9.17, 15) is 0 Å². The molecule has 0 unspecified atom stereocenters. The second-order valence-electron chi connectivity index (χ2n) is 13.9. The number of aromatic nitrogens is 3. The molecule has 256 valence electrons. The topological polar surface area (TPSA) is 21.7 Å². The van der Waals surface area contributed by atoms with Gasteiger partial charge >= 0.3 is 0 Å². The average molecular weight is 711 g/mol. The zero-order valence-electron chi connectivity index (χ0n) is 29.6. The van der Waals surface area contributed by atoms with Crippen LogP contribution in [-0.2, 0) is 13.1 Å². The van der Waals surface area contributed by atoms with Crippen LogP contribution in [0.15, 0.2) is 194 Å². The first kappa shape index (κ1) is 32.1. The van der Waals surface area contributed by atoms with E-state index in [-0.39, 0.29) is 0 Å². The highest BCUT2D eigenvalue weighted by Gasteiger charge is 2.34. The third-order valence-electron chi connectivity index (χ3n) is 10.4. The largest absolute Gasteiger partial charge is 0.290 e. The number of fused-ring (bicyclic) bond motifs is 3. The van der Waals surface area contributed by atoms with Crippen molar-refractivity contribution in [2.75, 3.05) is 0 Å².